The van der Waals surface area contributed by atoms with Crippen molar-refractivity contribution in [2.24, 2.45) is 0 Å². The van der Waals surface area contributed by atoms with Gasteiger partial charge in [-0.1, -0.05) is 28.1 Å². The van der Waals surface area contributed by atoms with E-state index >= 15 is 0 Å². The number of carboxylic acids is 1. The first-order chi connectivity index (χ1) is 6.56. The van der Waals surface area contributed by atoms with Crippen LogP contribution in [0, 0.1) is 6.92 Å². The highest BCUT2D eigenvalue weighted by molar-refractivity contribution is 9.10. The van der Waals surface area contributed by atoms with E-state index in [1.165, 1.54) is 0 Å². The highest BCUT2D eigenvalue weighted by atomic mass is 79.9. The summed E-state index contributed by atoms with van der Waals surface area (Å²) in [5, 5.41) is 8.94. The Morgan fingerprint density at radius 3 is 2.64 bits per heavy atom. The van der Waals surface area contributed by atoms with E-state index in [4.69, 9.17) is 5.11 Å². The van der Waals surface area contributed by atoms with Crippen molar-refractivity contribution in [1.82, 2.24) is 0 Å². The van der Waals surface area contributed by atoms with Gasteiger partial charge < -0.3 is 5.11 Å². The molecule has 0 spiro atoms. The molecule has 1 aromatic carbocycles. The second kappa shape index (κ2) is 4.42. The Labute approximate surface area is 91.4 Å². The van der Waals surface area contributed by atoms with Crippen LogP contribution in [-0.2, 0) is 0 Å². The van der Waals surface area contributed by atoms with Crippen molar-refractivity contribution in [1.29, 1.82) is 0 Å². The molecule has 0 radical (unpaired) electrons. The van der Waals surface area contributed by atoms with Crippen LogP contribution in [0.15, 0.2) is 22.7 Å². The summed E-state index contributed by atoms with van der Waals surface area (Å²) < 4.78 is 0.786. The fraction of sp³-hybridized carbons (Fsp3) is 0.182. The van der Waals surface area contributed by atoms with Gasteiger partial charge in [-0.25, -0.2) is 4.79 Å². The minimum Gasteiger partial charge on any atom is -0.478 e. The van der Waals surface area contributed by atoms with Gasteiger partial charge in [-0.05, 0) is 37.1 Å². The summed E-state index contributed by atoms with van der Waals surface area (Å²) in [6, 6.07) is 3.52. The maximum atomic E-state index is 10.9. The van der Waals surface area contributed by atoms with Gasteiger partial charge in [0, 0.05) is 4.47 Å². The van der Waals surface area contributed by atoms with E-state index in [0.717, 1.165) is 15.6 Å². The molecule has 74 valence electrons. The Morgan fingerprint density at radius 1 is 1.50 bits per heavy atom. The molecule has 1 aromatic rings. The summed E-state index contributed by atoms with van der Waals surface area (Å²) in [6.07, 6.45) is 3.78. The van der Waals surface area contributed by atoms with Crippen molar-refractivity contribution < 1.29 is 9.90 Å². The Hall–Kier alpha value is -1.09. The third kappa shape index (κ3) is 2.23. The third-order valence-electron chi connectivity index (χ3n) is 1.99. The van der Waals surface area contributed by atoms with Crippen LogP contribution in [0.4, 0.5) is 0 Å². The van der Waals surface area contributed by atoms with Crippen LogP contribution in [0.5, 0.6) is 0 Å². The number of hydrogen-bond acceptors (Lipinski definition) is 1. The predicted octanol–water partition coefficient (Wildman–Crippen LogP) is 3.49. The molecule has 0 amide bonds. The lowest BCUT2D eigenvalue weighted by molar-refractivity contribution is 0.0696. The van der Waals surface area contributed by atoms with Gasteiger partial charge in [-0.3, -0.25) is 0 Å². The van der Waals surface area contributed by atoms with E-state index in [2.05, 4.69) is 15.9 Å². The van der Waals surface area contributed by atoms with Crippen LogP contribution in [0.2, 0.25) is 0 Å². The molecule has 2 nitrogen and oxygen atoms in total. The lowest BCUT2D eigenvalue weighted by Gasteiger charge is -2.05. The minimum atomic E-state index is -0.894. The highest BCUT2D eigenvalue weighted by Crippen LogP contribution is 2.22. The Morgan fingerprint density at radius 2 is 2.14 bits per heavy atom. The molecule has 1 N–H and O–H groups in total. The van der Waals surface area contributed by atoms with E-state index < -0.39 is 5.97 Å². The van der Waals surface area contributed by atoms with Crippen LogP contribution in [0.1, 0.15) is 28.4 Å². The summed E-state index contributed by atoms with van der Waals surface area (Å²) in [6.45, 7) is 3.71. The van der Waals surface area contributed by atoms with Gasteiger partial charge in [0.1, 0.15) is 0 Å². The van der Waals surface area contributed by atoms with Gasteiger partial charge in [0.15, 0.2) is 0 Å². The fourth-order valence-electron chi connectivity index (χ4n) is 1.27. The van der Waals surface area contributed by atoms with Crippen LogP contribution >= 0.6 is 15.9 Å². The third-order valence-corrected chi connectivity index (χ3v) is 2.45. The normalized spacial score (nSPS) is 10.8. The van der Waals surface area contributed by atoms with E-state index in [1.807, 2.05) is 32.1 Å². The van der Waals surface area contributed by atoms with Gasteiger partial charge >= 0.3 is 5.97 Å². The SMILES string of the molecule is C/C=C\c1cc(Br)cc(C(=O)O)c1C. The van der Waals surface area contributed by atoms with Crippen molar-refractivity contribution in [2.45, 2.75) is 13.8 Å². The standard InChI is InChI=1S/C11H11BrO2/c1-3-4-8-5-9(12)6-10(7(8)2)11(13)14/h3-6H,1-2H3,(H,13,14)/b4-3-. The Bertz CT molecular complexity index is 395. The molecule has 0 aliphatic carbocycles. The van der Waals surface area contributed by atoms with E-state index in [-0.39, 0.29) is 0 Å². The number of halogens is 1. The topological polar surface area (TPSA) is 37.3 Å². The van der Waals surface area contributed by atoms with Crippen LogP contribution < -0.4 is 0 Å². The van der Waals surface area contributed by atoms with E-state index in [9.17, 15) is 4.79 Å². The molecule has 0 bridgehead atoms. The molecule has 0 saturated carbocycles. The number of benzene rings is 1. The van der Waals surface area contributed by atoms with Crippen molar-refractivity contribution in [3.63, 3.8) is 0 Å². The predicted molar refractivity (Wildman–Crippen MR) is 60.5 cm³/mol. The molecule has 0 heterocycles. The molecular formula is C11H11BrO2. The number of hydrogen-bond donors (Lipinski definition) is 1. The average Bonchev–Trinajstić information content (AvgIpc) is 2.10. The smallest absolute Gasteiger partial charge is 0.336 e. The highest BCUT2D eigenvalue weighted by Gasteiger charge is 2.10. The zero-order valence-corrected chi connectivity index (χ0v) is 9.63. The largest absolute Gasteiger partial charge is 0.478 e. The number of aromatic carboxylic acids is 1. The summed E-state index contributed by atoms with van der Waals surface area (Å²) in [5.41, 5.74) is 2.06. The lowest BCUT2D eigenvalue weighted by atomic mass is 10.0. The van der Waals surface area contributed by atoms with Gasteiger partial charge in [0.2, 0.25) is 0 Å². The Kier molecular flexibility index (Phi) is 3.47. The Balaban J connectivity index is 3.39. The molecule has 0 saturated heterocycles. The zero-order valence-electron chi connectivity index (χ0n) is 8.04. The number of allylic oxidation sites excluding steroid dienone is 1. The first kappa shape index (κ1) is 11.0. The van der Waals surface area contributed by atoms with E-state index in [0.29, 0.717) is 5.56 Å². The molecule has 0 aliphatic rings. The van der Waals surface area contributed by atoms with Crippen LogP contribution in [0.25, 0.3) is 6.08 Å². The first-order valence-corrected chi connectivity index (χ1v) is 5.01. The van der Waals surface area contributed by atoms with Crippen LogP contribution in [-0.4, -0.2) is 11.1 Å². The maximum absolute atomic E-state index is 10.9. The molecule has 1 rings (SSSR count). The van der Waals surface area contributed by atoms with Gasteiger partial charge in [0.25, 0.3) is 0 Å². The number of carbonyl (C=O) groups is 1. The maximum Gasteiger partial charge on any atom is 0.336 e. The van der Waals surface area contributed by atoms with Crippen LogP contribution in [0.3, 0.4) is 0 Å². The van der Waals surface area contributed by atoms with Gasteiger partial charge in [-0.2, -0.15) is 0 Å². The molecule has 14 heavy (non-hydrogen) atoms. The second-order valence-corrected chi connectivity index (χ2v) is 3.89. The summed E-state index contributed by atoms with van der Waals surface area (Å²) in [5.74, 6) is -0.894. The summed E-state index contributed by atoms with van der Waals surface area (Å²) in [4.78, 5) is 10.9. The lowest BCUT2D eigenvalue weighted by Crippen LogP contribution is -2.01. The molecule has 0 aliphatic heterocycles. The van der Waals surface area contributed by atoms with E-state index in [1.54, 1.807) is 6.07 Å². The minimum absolute atomic E-state index is 0.340. The monoisotopic (exact) mass is 254 g/mol. The second-order valence-electron chi connectivity index (χ2n) is 2.97. The number of rotatable bonds is 2. The van der Waals surface area contributed by atoms with Gasteiger partial charge in [0.05, 0.1) is 5.56 Å². The van der Waals surface area contributed by atoms with Gasteiger partial charge in [-0.15, -0.1) is 0 Å². The fourth-order valence-corrected chi connectivity index (χ4v) is 1.75. The summed E-state index contributed by atoms with van der Waals surface area (Å²) in [7, 11) is 0. The molecule has 0 aromatic heterocycles. The summed E-state index contributed by atoms with van der Waals surface area (Å²) >= 11 is 3.29. The zero-order chi connectivity index (χ0) is 10.7. The number of carboxylic acid groups (broad SMARTS) is 1. The molecule has 3 heteroatoms. The van der Waals surface area contributed by atoms with Crippen molar-refractivity contribution in [2.75, 3.05) is 0 Å². The molecule has 0 fully saturated rings. The van der Waals surface area contributed by atoms with Crippen molar-refractivity contribution >= 4 is 28.0 Å². The van der Waals surface area contributed by atoms with Crippen molar-refractivity contribution in [3.05, 3.63) is 39.4 Å². The average molecular weight is 255 g/mol. The molecule has 0 atom stereocenters. The quantitative estimate of drug-likeness (QED) is 0.878. The molecular weight excluding hydrogens is 244 g/mol. The molecule has 0 unspecified atom stereocenters. The van der Waals surface area contributed by atoms with Crippen molar-refractivity contribution in [3.8, 4) is 0 Å². The first-order valence-electron chi connectivity index (χ1n) is 4.22.